The molecule has 1 aliphatic rings. The van der Waals surface area contributed by atoms with Gasteiger partial charge in [-0.15, -0.1) is 0 Å². The third-order valence-corrected chi connectivity index (χ3v) is 4.30. The van der Waals surface area contributed by atoms with Crippen molar-refractivity contribution in [3.05, 3.63) is 54.1 Å². The normalized spacial score (nSPS) is 16.0. The Hall–Kier alpha value is -2.86. The smallest absolute Gasteiger partial charge is 0.255 e. The Morgan fingerprint density at radius 1 is 1.11 bits per heavy atom. The molecule has 0 aliphatic carbocycles. The lowest BCUT2D eigenvalue weighted by molar-refractivity contribution is -0.115. The monoisotopic (exact) mass is 368 g/mol. The topological polar surface area (TPSA) is 76.7 Å². The zero-order valence-electron chi connectivity index (χ0n) is 15.4. The van der Waals surface area contributed by atoms with Crippen molar-refractivity contribution in [1.82, 2.24) is 0 Å². The number of rotatable bonds is 7. The summed E-state index contributed by atoms with van der Waals surface area (Å²) in [6, 6.07) is 14.1. The van der Waals surface area contributed by atoms with Gasteiger partial charge in [-0.1, -0.05) is 13.0 Å². The molecule has 0 unspecified atom stereocenters. The summed E-state index contributed by atoms with van der Waals surface area (Å²) >= 11 is 0. The molecule has 2 amide bonds. The number of carbonyl (C=O) groups excluding carboxylic acids is 2. The molecule has 0 aromatic heterocycles. The van der Waals surface area contributed by atoms with Gasteiger partial charge < -0.3 is 20.1 Å². The van der Waals surface area contributed by atoms with Crippen LogP contribution in [0.3, 0.4) is 0 Å². The predicted molar refractivity (Wildman–Crippen MR) is 104 cm³/mol. The first-order valence-electron chi connectivity index (χ1n) is 9.20. The van der Waals surface area contributed by atoms with E-state index in [0.717, 1.165) is 19.4 Å². The SMILES string of the molecule is CCC(=O)Nc1cccc(NC(=O)c2ccc(OC[C@@H]3CCCO3)cc2)c1. The number of carbonyl (C=O) groups is 2. The summed E-state index contributed by atoms with van der Waals surface area (Å²) < 4.78 is 11.2. The van der Waals surface area contributed by atoms with Crippen LogP contribution in [0.5, 0.6) is 5.75 Å². The minimum absolute atomic E-state index is 0.0722. The molecule has 3 rings (SSSR count). The summed E-state index contributed by atoms with van der Waals surface area (Å²) in [5, 5.41) is 5.61. The molecule has 2 aromatic carbocycles. The van der Waals surface area contributed by atoms with Crippen LogP contribution in [-0.2, 0) is 9.53 Å². The van der Waals surface area contributed by atoms with E-state index in [-0.39, 0.29) is 17.9 Å². The third-order valence-electron chi connectivity index (χ3n) is 4.30. The molecule has 0 radical (unpaired) electrons. The summed E-state index contributed by atoms with van der Waals surface area (Å²) in [5.74, 6) is 0.419. The molecule has 1 atom stereocenters. The number of amides is 2. The van der Waals surface area contributed by atoms with E-state index in [1.165, 1.54) is 0 Å². The molecule has 6 heteroatoms. The molecule has 142 valence electrons. The van der Waals surface area contributed by atoms with Crippen LogP contribution < -0.4 is 15.4 Å². The zero-order chi connectivity index (χ0) is 19.1. The largest absolute Gasteiger partial charge is 0.491 e. The highest BCUT2D eigenvalue weighted by Crippen LogP contribution is 2.19. The Morgan fingerprint density at radius 2 is 1.85 bits per heavy atom. The van der Waals surface area contributed by atoms with Crippen molar-refractivity contribution < 1.29 is 19.1 Å². The molecule has 6 nitrogen and oxygen atoms in total. The second-order valence-corrected chi connectivity index (χ2v) is 6.41. The second kappa shape index (κ2) is 9.19. The lowest BCUT2D eigenvalue weighted by Crippen LogP contribution is -2.16. The second-order valence-electron chi connectivity index (χ2n) is 6.41. The van der Waals surface area contributed by atoms with Gasteiger partial charge in [0.25, 0.3) is 5.91 Å². The van der Waals surface area contributed by atoms with E-state index in [4.69, 9.17) is 9.47 Å². The van der Waals surface area contributed by atoms with E-state index >= 15 is 0 Å². The molecule has 0 spiro atoms. The lowest BCUT2D eigenvalue weighted by Gasteiger charge is -2.12. The van der Waals surface area contributed by atoms with Gasteiger partial charge in [-0.05, 0) is 55.3 Å². The highest BCUT2D eigenvalue weighted by Gasteiger charge is 2.16. The highest BCUT2D eigenvalue weighted by molar-refractivity contribution is 6.04. The average Bonchev–Trinajstić information content (AvgIpc) is 3.20. The molecule has 27 heavy (non-hydrogen) atoms. The van der Waals surface area contributed by atoms with E-state index in [0.29, 0.717) is 35.7 Å². The molecule has 1 heterocycles. The summed E-state index contributed by atoms with van der Waals surface area (Å²) in [4.78, 5) is 23.9. The molecule has 0 saturated carbocycles. The Bertz CT molecular complexity index is 783. The van der Waals surface area contributed by atoms with Gasteiger partial charge in [0.2, 0.25) is 5.91 Å². The summed E-state index contributed by atoms with van der Waals surface area (Å²) in [5.41, 5.74) is 1.80. The van der Waals surface area contributed by atoms with Crippen molar-refractivity contribution in [3.63, 3.8) is 0 Å². The molecular formula is C21H24N2O4. The molecule has 2 aromatic rings. The van der Waals surface area contributed by atoms with Gasteiger partial charge in [0.15, 0.2) is 0 Å². The van der Waals surface area contributed by atoms with Crippen LogP contribution in [0.25, 0.3) is 0 Å². The van der Waals surface area contributed by atoms with Crippen LogP contribution in [0.1, 0.15) is 36.5 Å². The summed E-state index contributed by atoms with van der Waals surface area (Å²) in [6.45, 7) is 3.12. The third kappa shape index (κ3) is 5.56. The van der Waals surface area contributed by atoms with Gasteiger partial charge in [-0.2, -0.15) is 0 Å². The van der Waals surface area contributed by atoms with Crippen molar-refractivity contribution in [1.29, 1.82) is 0 Å². The van der Waals surface area contributed by atoms with Gasteiger partial charge in [0.1, 0.15) is 12.4 Å². The quantitative estimate of drug-likeness (QED) is 0.778. The molecular weight excluding hydrogens is 344 g/mol. The summed E-state index contributed by atoms with van der Waals surface area (Å²) in [7, 11) is 0. The summed E-state index contributed by atoms with van der Waals surface area (Å²) in [6.07, 6.45) is 2.67. The first-order valence-corrected chi connectivity index (χ1v) is 9.20. The maximum Gasteiger partial charge on any atom is 0.255 e. The molecule has 2 N–H and O–H groups in total. The van der Waals surface area contributed by atoms with Crippen LogP contribution >= 0.6 is 0 Å². The van der Waals surface area contributed by atoms with Crippen molar-refractivity contribution >= 4 is 23.2 Å². The number of benzene rings is 2. The van der Waals surface area contributed by atoms with Crippen molar-refractivity contribution in [2.45, 2.75) is 32.3 Å². The highest BCUT2D eigenvalue weighted by atomic mass is 16.5. The molecule has 1 aliphatic heterocycles. The van der Waals surface area contributed by atoms with Gasteiger partial charge in [0, 0.05) is 30.0 Å². The van der Waals surface area contributed by atoms with Crippen molar-refractivity contribution in [2.75, 3.05) is 23.8 Å². The fourth-order valence-electron chi connectivity index (χ4n) is 2.79. The number of hydrogen-bond donors (Lipinski definition) is 2. The van der Waals surface area contributed by atoms with E-state index in [1.54, 1.807) is 55.5 Å². The van der Waals surface area contributed by atoms with E-state index < -0.39 is 0 Å². The van der Waals surface area contributed by atoms with Crippen LogP contribution in [0.2, 0.25) is 0 Å². The minimum Gasteiger partial charge on any atom is -0.491 e. The fourth-order valence-corrected chi connectivity index (χ4v) is 2.79. The Labute approximate surface area is 158 Å². The molecule has 1 saturated heterocycles. The number of nitrogens with one attached hydrogen (secondary N) is 2. The van der Waals surface area contributed by atoms with Crippen LogP contribution in [-0.4, -0.2) is 31.1 Å². The number of hydrogen-bond acceptors (Lipinski definition) is 4. The maximum atomic E-state index is 12.4. The van der Waals surface area contributed by atoms with Crippen LogP contribution in [0, 0.1) is 0 Å². The number of anilines is 2. The van der Waals surface area contributed by atoms with E-state index in [2.05, 4.69) is 10.6 Å². The average molecular weight is 368 g/mol. The zero-order valence-corrected chi connectivity index (χ0v) is 15.4. The van der Waals surface area contributed by atoms with E-state index in [9.17, 15) is 9.59 Å². The maximum absolute atomic E-state index is 12.4. The van der Waals surface area contributed by atoms with Gasteiger partial charge in [0.05, 0.1) is 6.10 Å². The Balaban J connectivity index is 1.56. The van der Waals surface area contributed by atoms with Gasteiger partial charge in [-0.3, -0.25) is 9.59 Å². The molecule has 0 bridgehead atoms. The molecule has 1 fully saturated rings. The van der Waals surface area contributed by atoms with E-state index in [1.807, 2.05) is 0 Å². The van der Waals surface area contributed by atoms with Gasteiger partial charge in [-0.25, -0.2) is 0 Å². The lowest BCUT2D eigenvalue weighted by atomic mass is 10.2. The fraction of sp³-hybridized carbons (Fsp3) is 0.333. The minimum atomic E-state index is -0.223. The number of ether oxygens (including phenoxy) is 2. The van der Waals surface area contributed by atoms with Crippen LogP contribution in [0.4, 0.5) is 11.4 Å². The standard InChI is InChI=1S/C21H24N2O4/c1-2-20(24)22-16-5-3-6-17(13-16)23-21(25)15-8-10-18(11-9-15)27-14-19-7-4-12-26-19/h3,5-6,8-11,13,19H,2,4,7,12,14H2,1H3,(H,22,24)(H,23,25)/t19-/m0/s1. The first kappa shape index (κ1) is 18.9. The Kier molecular flexibility index (Phi) is 6.44. The van der Waals surface area contributed by atoms with Crippen LogP contribution in [0.15, 0.2) is 48.5 Å². The predicted octanol–water partition coefficient (Wildman–Crippen LogP) is 3.85. The van der Waals surface area contributed by atoms with Crippen molar-refractivity contribution in [3.8, 4) is 5.75 Å². The van der Waals surface area contributed by atoms with Crippen molar-refractivity contribution in [2.24, 2.45) is 0 Å². The van der Waals surface area contributed by atoms with Gasteiger partial charge >= 0.3 is 0 Å². The Morgan fingerprint density at radius 3 is 2.52 bits per heavy atom. The first-order chi connectivity index (χ1) is 13.1.